The SMILES string of the molecule is O=C(CCCC[C@@H]1SC[C@@H]2NC(=O)N[C@@H]21)Nc1ccc(C#CC([C@H]2O[C@H](OC[C@H]3O[C@H](O[C@]4(CO)O[C@](O)(CO)[C@@H](O)[C@@H]4O)[C@H](O)[C@@H](O)[C@@H]3O)[C@H](O)[C@@H](O)[C@H]2O)N2CCCCC2)cc1. The maximum absolute atomic E-state index is 12.7. The summed E-state index contributed by atoms with van der Waals surface area (Å²) in [5, 5.41) is 125. The summed E-state index contributed by atoms with van der Waals surface area (Å²) in [5.41, 5.74) is 1.16. The summed E-state index contributed by atoms with van der Waals surface area (Å²) in [7, 11) is 0. The van der Waals surface area contributed by atoms with Crippen LogP contribution in [0.25, 0.3) is 0 Å². The maximum Gasteiger partial charge on any atom is 0.315 e. The Morgan fingerprint density at radius 2 is 1.58 bits per heavy atom. The molecule has 0 aliphatic carbocycles. The molecule has 6 aliphatic heterocycles. The molecule has 0 radical (unpaired) electrons. The van der Waals surface area contributed by atoms with E-state index in [1.807, 2.05) is 16.7 Å². The molecule has 14 N–H and O–H groups in total. The molecule has 0 bridgehead atoms. The van der Waals surface area contributed by atoms with Gasteiger partial charge in [0.15, 0.2) is 12.6 Å². The van der Waals surface area contributed by atoms with Crippen LogP contribution in [0.1, 0.15) is 50.5 Å². The van der Waals surface area contributed by atoms with Crippen molar-refractivity contribution < 1.29 is 89.4 Å². The first-order valence-corrected chi connectivity index (χ1v) is 22.7. The van der Waals surface area contributed by atoms with E-state index in [4.69, 9.17) is 23.7 Å². The Labute approximate surface area is 372 Å². The van der Waals surface area contributed by atoms with Gasteiger partial charge in [-0.3, -0.25) is 9.69 Å². The Bertz CT molecular complexity index is 1810. The molecular weight excluding hydrogens is 869 g/mol. The molecule has 3 amide bonds. The van der Waals surface area contributed by atoms with Crippen molar-refractivity contribution in [1.82, 2.24) is 15.5 Å². The lowest BCUT2D eigenvalue weighted by Gasteiger charge is -2.46. The van der Waals surface area contributed by atoms with E-state index in [9.17, 15) is 65.8 Å². The van der Waals surface area contributed by atoms with E-state index >= 15 is 0 Å². The van der Waals surface area contributed by atoms with Crippen molar-refractivity contribution in [1.29, 1.82) is 0 Å². The second-order valence-electron chi connectivity index (χ2n) is 17.2. The lowest BCUT2D eigenvalue weighted by Crippen LogP contribution is -2.65. The summed E-state index contributed by atoms with van der Waals surface area (Å²) in [6.07, 6.45) is -16.7. The number of unbranched alkanes of at least 4 members (excludes halogenated alkanes) is 1. The number of urea groups is 1. The smallest absolute Gasteiger partial charge is 0.315 e. The topological polar surface area (TPSA) is 342 Å². The van der Waals surface area contributed by atoms with Crippen LogP contribution in [0, 0.1) is 11.8 Å². The highest BCUT2D eigenvalue weighted by Crippen LogP contribution is 2.40. The van der Waals surface area contributed by atoms with Crippen LogP contribution >= 0.6 is 11.8 Å². The Balaban J connectivity index is 0.968. The molecule has 1 aromatic rings. The summed E-state index contributed by atoms with van der Waals surface area (Å²) in [5.74, 6) is 1.53. The molecule has 0 aromatic heterocycles. The zero-order chi connectivity index (χ0) is 45.9. The van der Waals surface area contributed by atoms with Gasteiger partial charge in [0.05, 0.1) is 25.3 Å². The Kier molecular flexibility index (Phi) is 16.1. The predicted octanol–water partition coefficient (Wildman–Crippen LogP) is -4.67. The molecule has 6 saturated heterocycles. The standard InChI is InChI=1S/C41H60N4O18S/c46-18-40(58)35(55)36(56)41(19-47,63-40)62-38-33(54)29(50)28(49)24(60-38)16-59-37-32(53)30(51)31(52)34(61-37)23(45-14-4-1-5-15-45)13-10-20-8-11-21(12-9-20)42-26(48)7-3-2-6-25-27-22(17-64-25)43-39(57)44-27/h8-9,11-12,22-25,27-38,46-47,49-56,58H,1-7,14-19H2,(H,42,48)(H2,43,44,57)/t22-,23?,24+,25-,27-,28+,29-,30-,31+,32+,33+,34+,35-,36-,37-,38+,40+,41+/m0/s1. The number of aliphatic hydroxyl groups is 11. The molecule has 64 heavy (non-hydrogen) atoms. The highest BCUT2D eigenvalue weighted by atomic mass is 32.2. The van der Waals surface area contributed by atoms with Crippen molar-refractivity contribution >= 4 is 29.4 Å². The fourth-order valence-electron chi connectivity index (χ4n) is 8.97. The number of thioether (sulfide) groups is 1. The second-order valence-corrected chi connectivity index (χ2v) is 18.4. The van der Waals surface area contributed by atoms with E-state index in [1.54, 1.807) is 24.3 Å². The van der Waals surface area contributed by atoms with Gasteiger partial charge in [0, 0.05) is 28.7 Å². The average Bonchev–Trinajstić information content (AvgIpc) is 3.91. The van der Waals surface area contributed by atoms with Gasteiger partial charge >= 0.3 is 6.03 Å². The Morgan fingerprint density at radius 1 is 0.875 bits per heavy atom. The first-order valence-electron chi connectivity index (χ1n) is 21.6. The van der Waals surface area contributed by atoms with Crippen LogP contribution < -0.4 is 16.0 Å². The summed E-state index contributed by atoms with van der Waals surface area (Å²) >= 11 is 1.84. The lowest BCUT2D eigenvalue weighted by atomic mass is 9.92. The van der Waals surface area contributed by atoms with Crippen LogP contribution in [0.4, 0.5) is 10.5 Å². The van der Waals surface area contributed by atoms with Crippen LogP contribution in [0.3, 0.4) is 0 Å². The number of benzene rings is 1. The number of carbonyl (C=O) groups excluding carboxylic acids is 2. The first kappa shape index (κ1) is 49.1. The number of piperidine rings is 1. The molecule has 1 unspecified atom stereocenters. The first-order chi connectivity index (χ1) is 30.6. The minimum atomic E-state index is -2.80. The quantitative estimate of drug-likeness (QED) is 0.0447. The largest absolute Gasteiger partial charge is 0.391 e. The number of anilines is 1. The summed E-state index contributed by atoms with van der Waals surface area (Å²) < 4.78 is 28.1. The van der Waals surface area contributed by atoms with Crippen molar-refractivity contribution in [3.8, 4) is 11.8 Å². The molecule has 7 rings (SSSR count). The van der Waals surface area contributed by atoms with Crippen molar-refractivity contribution in [2.24, 2.45) is 0 Å². The summed E-state index contributed by atoms with van der Waals surface area (Å²) in [6.45, 7) is -2.03. The minimum absolute atomic E-state index is 0.123. The third-order valence-corrected chi connectivity index (χ3v) is 14.2. The van der Waals surface area contributed by atoms with Crippen LogP contribution in [-0.2, 0) is 28.5 Å². The molecule has 0 saturated carbocycles. The number of nitrogens with zero attached hydrogens (tertiary/aromatic N) is 1. The summed E-state index contributed by atoms with van der Waals surface area (Å²) in [4.78, 5) is 26.4. The molecule has 6 heterocycles. The monoisotopic (exact) mass is 928 g/mol. The molecule has 18 atom stereocenters. The van der Waals surface area contributed by atoms with E-state index in [0.29, 0.717) is 42.4 Å². The van der Waals surface area contributed by atoms with Crippen LogP contribution in [0.5, 0.6) is 0 Å². The third kappa shape index (κ3) is 10.5. The van der Waals surface area contributed by atoms with Crippen molar-refractivity contribution in [2.45, 2.75) is 154 Å². The minimum Gasteiger partial charge on any atom is -0.391 e. The molecule has 22 nitrogen and oxygen atoms in total. The van der Waals surface area contributed by atoms with Crippen LogP contribution in [-0.4, -0.2) is 220 Å². The zero-order valence-electron chi connectivity index (χ0n) is 34.9. The third-order valence-electron chi connectivity index (χ3n) is 12.7. The van der Waals surface area contributed by atoms with E-state index in [0.717, 1.165) is 37.9 Å². The molecule has 23 heteroatoms. The fourth-order valence-corrected chi connectivity index (χ4v) is 10.5. The molecular formula is C41H60N4O18S. The van der Waals surface area contributed by atoms with Gasteiger partial charge in [-0.05, 0) is 63.0 Å². The number of hydrogen-bond acceptors (Lipinski definition) is 20. The van der Waals surface area contributed by atoms with Crippen molar-refractivity contribution in [3.63, 3.8) is 0 Å². The molecule has 1 aromatic carbocycles. The zero-order valence-corrected chi connectivity index (χ0v) is 35.7. The number of amides is 3. The fraction of sp³-hybridized carbons (Fsp3) is 0.756. The number of ether oxygens (including phenoxy) is 5. The highest BCUT2D eigenvalue weighted by Gasteiger charge is 2.64. The Hall–Kier alpha value is -2.81. The Morgan fingerprint density at radius 3 is 2.27 bits per heavy atom. The number of aliphatic hydroxyl groups excluding tert-OH is 10. The van der Waals surface area contributed by atoms with E-state index in [-0.39, 0.29) is 24.0 Å². The van der Waals surface area contributed by atoms with Gasteiger partial charge in [0.2, 0.25) is 17.5 Å². The van der Waals surface area contributed by atoms with E-state index in [1.165, 1.54) is 0 Å². The highest BCUT2D eigenvalue weighted by molar-refractivity contribution is 8.00. The maximum atomic E-state index is 12.7. The molecule has 6 fully saturated rings. The number of likely N-dealkylation sites (tertiary alicyclic amines) is 1. The number of rotatable bonds is 15. The average molecular weight is 929 g/mol. The van der Waals surface area contributed by atoms with Crippen LogP contribution in [0.15, 0.2) is 24.3 Å². The van der Waals surface area contributed by atoms with Gasteiger partial charge < -0.3 is 95.8 Å². The molecule has 6 aliphatic rings. The van der Waals surface area contributed by atoms with Gasteiger partial charge in [0.25, 0.3) is 0 Å². The molecule has 358 valence electrons. The molecule has 0 spiro atoms. The second kappa shape index (κ2) is 21.0. The number of carbonyl (C=O) groups is 2. The lowest BCUT2D eigenvalue weighted by molar-refractivity contribution is -0.407. The normalized spacial score (nSPS) is 41.7. The number of nitrogens with one attached hydrogen (secondary N) is 3. The van der Waals surface area contributed by atoms with Gasteiger partial charge in [-0.2, -0.15) is 11.8 Å². The summed E-state index contributed by atoms with van der Waals surface area (Å²) in [6, 6.07) is 6.22. The van der Waals surface area contributed by atoms with Gasteiger partial charge in [-0.15, -0.1) is 0 Å². The van der Waals surface area contributed by atoms with Crippen molar-refractivity contribution in [2.75, 3.05) is 44.0 Å². The van der Waals surface area contributed by atoms with Gasteiger partial charge in [0.1, 0.15) is 73.7 Å². The predicted molar refractivity (Wildman–Crippen MR) is 220 cm³/mol. The number of fused-ring (bicyclic) bond motifs is 1. The number of hydrogen-bond donors (Lipinski definition) is 14. The van der Waals surface area contributed by atoms with E-state index in [2.05, 4.69) is 27.8 Å². The van der Waals surface area contributed by atoms with E-state index < -0.39 is 111 Å². The van der Waals surface area contributed by atoms with Crippen LogP contribution in [0.2, 0.25) is 0 Å². The van der Waals surface area contributed by atoms with Gasteiger partial charge in [-0.25, -0.2) is 4.79 Å². The van der Waals surface area contributed by atoms with Crippen molar-refractivity contribution in [3.05, 3.63) is 29.8 Å². The van der Waals surface area contributed by atoms with Gasteiger partial charge in [-0.1, -0.05) is 24.7 Å².